The monoisotopic (exact) mass is 423 g/mol. The zero-order valence-electron chi connectivity index (χ0n) is 18.6. The Morgan fingerprint density at radius 2 is 2.00 bits per heavy atom. The van der Waals surface area contributed by atoms with Crippen LogP contribution in [-0.2, 0) is 24.8 Å². The summed E-state index contributed by atoms with van der Waals surface area (Å²) in [6, 6.07) is 8.75. The first-order chi connectivity index (χ1) is 15.1. The number of fused-ring (bicyclic) bond motifs is 1. The van der Waals surface area contributed by atoms with Crippen LogP contribution in [0.4, 0.5) is 5.69 Å². The predicted octanol–water partition coefficient (Wildman–Crippen LogP) is 1.48. The normalized spacial score (nSPS) is 17.7. The fourth-order valence-electron chi connectivity index (χ4n) is 4.32. The smallest absolute Gasteiger partial charge is 0.246 e. The third-order valence-electron chi connectivity index (χ3n) is 5.96. The molecule has 8 heteroatoms. The zero-order chi connectivity index (χ0) is 21.6. The first kappa shape index (κ1) is 21.4. The molecule has 1 N–H and O–H groups in total. The minimum absolute atomic E-state index is 0.0804. The zero-order valence-corrected chi connectivity index (χ0v) is 18.6. The summed E-state index contributed by atoms with van der Waals surface area (Å²) in [5, 5.41) is 7.54. The summed E-state index contributed by atoms with van der Waals surface area (Å²) >= 11 is 0. The van der Waals surface area contributed by atoms with E-state index in [2.05, 4.69) is 51.4 Å². The number of nitrogens with zero attached hydrogens (tertiary/aromatic N) is 6. The number of anilines is 1. The van der Waals surface area contributed by atoms with Gasteiger partial charge in [-0.2, -0.15) is 5.10 Å². The van der Waals surface area contributed by atoms with Crippen molar-refractivity contribution < 1.29 is 4.79 Å². The lowest BCUT2D eigenvalue weighted by Crippen LogP contribution is -2.55. The van der Waals surface area contributed by atoms with Crippen LogP contribution < -0.4 is 10.2 Å². The lowest BCUT2D eigenvalue weighted by atomic mass is 10.00. The summed E-state index contributed by atoms with van der Waals surface area (Å²) in [4.78, 5) is 23.9. The third-order valence-corrected chi connectivity index (χ3v) is 5.96. The SMILES string of the molecule is CCNC(=NCCCN1CCc2ccccc2C1)N1CCN(c2cnn(C)c2)C(=O)C1. The second kappa shape index (κ2) is 9.96. The summed E-state index contributed by atoms with van der Waals surface area (Å²) in [5.74, 6) is 0.919. The van der Waals surface area contributed by atoms with E-state index in [9.17, 15) is 4.79 Å². The Kier molecular flexibility index (Phi) is 6.86. The number of aryl methyl sites for hydroxylation is 1. The van der Waals surface area contributed by atoms with Crippen molar-refractivity contribution in [3.8, 4) is 0 Å². The van der Waals surface area contributed by atoms with Crippen molar-refractivity contribution in [3.05, 3.63) is 47.8 Å². The number of benzene rings is 1. The molecule has 1 saturated heterocycles. The van der Waals surface area contributed by atoms with Gasteiger partial charge in [-0.15, -0.1) is 0 Å². The van der Waals surface area contributed by atoms with Crippen LogP contribution in [0.3, 0.4) is 0 Å². The van der Waals surface area contributed by atoms with E-state index in [-0.39, 0.29) is 5.91 Å². The second-order valence-corrected chi connectivity index (χ2v) is 8.22. The Labute approximate surface area is 184 Å². The topological polar surface area (TPSA) is 69.0 Å². The summed E-state index contributed by atoms with van der Waals surface area (Å²) in [5.41, 5.74) is 3.80. The molecule has 2 aliphatic heterocycles. The standard InChI is InChI=1S/C23H33N7O/c1-3-24-23(29-13-14-30(22(31)18-29)21-15-26-27(2)17-21)25-10-6-11-28-12-9-19-7-4-5-8-20(19)16-28/h4-5,7-8,15,17H,3,6,9-14,16,18H2,1-2H3,(H,24,25). The minimum Gasteiger partial charge on any atom is -0.357 e. The number of aromatic nitrogens is 2. The Bertz CT molecular complexity index is 922. The number of carbonyl (C=O) groups is 1. The second-order valence-electron chi connectivity index (χ2n) is 8.22. The third kappa shape index (κ3) is 5.25. The van der Waals surface area contributed by atoms with Crippen molar-refractivity contribution in [2.75, 3.05) is 50.7 Å². The first-order valence-corrected chi connectivity index (χ1v) is 11.3. The molecule has 0 unspecified atom stereocenters. The number of aliphatic imine (C=N–C) groups is 1. The van der Waals surface area contributed by atoms with E-state index in [1.54, 1.807) is 15.8 Å². The average molecular weight is 424 g/mol. The van der Waals surface area contributed by atoms with E-state index >= 15 is 0 Å². The van der Waals surface area contributed by atoms with Crippen molar-refractivity contribution >= 4 is 17.6 Å². The molecular formula is C23H33N7O. The molecule has 2 aliphatic rings. The molecule has 3 heterocycles. The molecule has 0 aliphatic carbocycles. The Hall–Kier alpha value is -2.87. The van der Waals surface area contributed by atoms with Crippen molar-refractivity contribution in [3.63, 3.8) is 0 Å². The molecule has 1 aromatic heterocycles. The van der Waals surface area contributed by atoms with Gasteiger partial charge >= 0.3 is 0 Å². The summed E-state index contributed by atoms with van der Waals surface area (Å²) < 4.78 is 1.72. The van der Waals surface area contributed by atoms with Gasteiger partial charge in [0.15, 0.2) is 5.96 Å². The molecule has 0 saturated carbocycles. The van der Waals surface area contributed by atoms with Crippen LogP contribution in [0.1, 0.15) is 24.5 Å². The van der Waals surface area contributed by atoms with Gasteiger partial charge in [0.05, 0.1) is 11.9 Å². The molecule has 31 heavy (non-hydrogen) atoms. The number of guanidine groups is 1. The van der Waals surface area contributed by atoms with Crippen molar-refractivity contribution in [2.24, 2.45) is 12.0 Å². The molecule has 1 amide bonds. The van der Waals surface area contributed by atoms with E-state index in [0.29, 0.717) is 13.1 Å². The maximum Gasteiger partial charge on any atom is 0.246 e. The average Bonchev–Trinajstić information content (AvgIpc) is 3.21. The van der Waals surface area contributed by atoms with Crippen molar-refractivity contribution in [2.45, 2.75) is 26.3 Å². The molecule has 1 aromatic carbocycles. The van der Waals surface area contributed by atoms with E-state index in [1.165, 1.54) is 11.1 Å². The summed E-state index contributed by atoms with van der Waals surface area (Å²) in [7, 11) is 1.86. The molecule has 0 spiro atoms. The number of piperazine rings is 1. The number of hydrogen-bond donors (Lipinski definition) is 1. The maximum absolute atomic E-state index is 12.7. The van der Waals surface area contributed by atoms with Gasteiger partial charge in [0.25, 0.3) is 0 Å². The summed E-state index contributed by atoms with van der Waals surface area (Å²) in [6.45, 7) is 8.55. The highest BCUT2D eigenvalue weighted by molar-refractivity contribution is 5.98. The number of amides is 1. The van der Waals surface area contributed by atoms with Gasteiger partial charge in [0.2, 0.25) is 5.91 Å². The molecule has 166 valence electrons. The van der Waals surface area contributed by atoms with Crippen LogP contribution in [-0.4, -0.2) is 77.3 Å². The molecule has 0 atom stereocenters. The number of hydrogen-bond acceptors (Lipinski definition) is 4. The van der Waals surface area contributed by atoms with E-state index in [4.69, 9.17) is 4.99 Å². The Morgan fingerprint density at radius 3 is 2.74 bits per heavy atom. The van der Waals surface area contributed by atoms with Crippen LogP contribution >= 0.6 is 0 Å². The number of nitrogens with one attached hydrogen (secondary N) is 1. The van der Waals surface area contributed by atoms with Gasteiger partial charge in [0, 0.05) is 59.1 Å². The summed E-state index contributed by atoms with van der Waals surface area (Å²) in [6.07, 6.45) is 5.77. The maximum atomic E-state index is 12.7. The van der Waals surface area contributed by atoms with Crippen LogP contribution in [0.5, 0.6) is 0 Å². The fourth-order valence-corrected chi connectivity index (χ4v) is 4.32. The Balaban J connectivity index is 1.28. The molecule has 4 rings (SSSR count). The molecule has 0 radical (unpaired) electrons. The van der Waals surface area contributed by atoms with Crippen molar-refractivity contribution in [1.82, 2.24) is 24.9 Å². The molecule has 2 aromatic rings. The van der Waals surface area contributed by atoms with Gasteiger partial charge in [-0.25, -0.2) is 0 Å². The molecule has 0 bridgehead atoms. The Morgan fingerprint density at radius 1 is 1.16 bits per heavy atom. The van der Waals surface area contributed by atoms with Crippen LogP contribution in [0.25, 0.3) is 0 Å². The minimum atomic E-state index is 0.0804. The molecule has 1 fully saturated rings. The van der Waals surface area contributed by atoms with Crippen LogP contribution in [0.2, 0.25) is 0 Å². The molecule has 8 nitrogen and oxygen atoms in total. The highest BCUT2D eigenvalue weighted by Gasteiger charge is 2.27. The van der Waals surface area contributed by atoms with E-state index in [0.717, 1.165) is 63.8 Å². The highest BCUT2D eigenvalue weighted by Crippen LogP contribution is 2.19. The molecular weight excluding hydrogens is 390 g/mol. The van der Waals surface area contributed by atoms with Gasteiger partial charge in [-0.1, -0.05) is 24.3 Å². The van der Waals surface area contributed by atoms with Gasteiger partial charge < -0.3 is 15.1 Å². The van der Waals surface area contributed by atoms with Gasteiger partial charge in [-0.05, 0) is 30.9 Å². The van der Waals surface area contributed by atoms with Crippen LogP contribution in [0, 0.1) is 0 Å². The first-order valence-electron chi connectivity index (χ1n) is 11.3. The number of carbonyl (C=O) groups excluding carboxylic acids is 1. The quantitative estimate of drug-likeness (QED) is 0.433. The highest BCUT2D eigenvalue weighted by atomic mass is 16.2. The number of rotatable bonds is 6. The van der Waals surface area contributed by atoms with Gasteiger partial charge in [-0.3, -0.25) is 19.4 Å². The lowest BCUT2D eigenvalue weighted by Gasteiger charge is -2.35. The largest absolute Gasteiger partial charge is 0.357 e. The van der Waals surface area contributed by atoms with Gasteiger partial charge in [0.1, 0.15) is 6.54 Å². The predicted molar refractivity (Wildman–Crippen MR) is 123 cm³/mol. The van der Waals surface area contributed by atoms with E-state index < -0.39 is 0 Å². The van der Waals surface area contributed by atoms with Crippen LogP contribution in [0.15, 0.2) is 41.7 Å². The van der Waals surface area contributed by atoms with E-state index in [1.807, 2.05) is 13.2 Å². The van der Waals surface area contributed by atoms with Crippen molar-refractivity contribution in [1.29, 1.82) is 0 Å². The fraction of sp³-hybridized carbons (Fsp3) is 0.522. The lowest BCUT2D eigenvalue weighted by molar-refractivity contribution is -0.120.